The Bertz CT molecular complexity index is 1440. The Morgan fingerprint density at radius 2 is 1.68 bits per heavy atom. The number of ether oxygens (including phenoxy) is 1. The van der Waals surface area contributed by atoms with Crippen molar-refractivity contribution >= 4 is 48.9 Å². The minimum Gasteiger partial charge on any atom is -0.494 e. The minimum absolute atomic E-state index is 0.0897. The molecule has 10 nitrogen and oxygen atoms in total. The molecule has 0 radical (unpaired) electrons. The molecule has 0 saturated carbocycles. The number of fused-ring (bicyclic) bond motifs is 1. The fourth-order valence-corrected chi connectivity index (χ4v) is 8.69. The smallest absolute Gasteiger partial charge is 0.266 e. The lowest BCUT2D eigenvalue weighted by Crippen LogP contribution is -2.64. The van der Waals surface area contributed by atoms with Gasteiger partial charge in [0.05, 0.1) is 11.5 Å². The summed E-state index contributed by atoms with van der Waals surface area (Å²) in [6.45, 7) is 4.31. The summed E-state index contributed by atoms with van der Waals surface area (Å²) in [5, 5.41) is 10.5. The van der Waals surface area contributed by atoms with Crippen molar-refractivity contribution in [2.45, 2.75) is 37.4 Å². The number of unbranched alkanes of at least 4 members (excludes halogenated alkanes) is 1. The number of carbonyl (C=O) groups is 2. The number of piperazine rings is 1. The molecule has 0 bridgehead atoms. The summed E-state index contributed by atoms with van der Waals surface area (Å²) in [5.74, 6) is -0.331. The highest BCUT2D eigenvalue weighted by atomic mass is 32.2. The highest BCUT2D eigenvalue weighted by molar-refractivity contribution is 7.91. The van der Waals surface area contributed by atoms with Crippen LogP contribution in [0.4, 0.5) is 5.69 Å². The van der Waals surface area contributed by atoms with Crippen molar-refractivity contribution in [2.24, 2.45) is 0 Å². The Balaban J connectivity index is 1.24. The van der Waals surface area contributed by atoms with Crippen LogP contribution in [0.15, 0.2) is 54.6 Å². The lowest BCUT2D eigenvalue weighted by Gasteiger charge is -2.44. The van der Waals surface area contributed by atoms with E-state index in [1.54, 1.807) is 10.4 Å². The van der Waals surface area contributed by atoms with Gasteiger partial charge >= 0.3 is 0 Å². The van der Waals surface area contributed by atoms with Gasteiger partial charge in [0.15, 0.2) is 4.75 Å². The second-order valence-corrected chi connectivity index (χ2v) is 13.8. The van der Waals surface area contributed by atoms with Crippen LogP contribution >= 0.6 is 11.3 Å². The zero-order valence-electron chi connectivity index (χ0n) is 23.1. The maximum Gasteiger partial charge on any atom is 0.266 e. The zero-order chi connectivity index (χ0) is 29.0. The average Bonchev–Trinajstić information content (AvgIpc) is 3.45. The van der Waals surface area contributed by atoms with Crippen LogP contribution in [-0.4, -0.2) is 85.3 Å². The van der Waals surface area contributed by atoms with Gasteiger partial charge in [0.1, 0.15) is 5.75 Å². The number of nitrogens with zero attached hydrogens (tertiary/aromatic N) is 3. The summed E-state index contributed by atoms with van der Waals surface area (Å²) < 4.78 is 34.2. The molecule has 220 valence electrons. The summed E-state index contributed by atoms with van der Waals surface area (Å²) >= 11 is 1.39. The third-order valence-electron chi connectivity index (χ3n) is 8.05. The number of piperidine rings is 1. The fourth-order valence-electron chi connectivity index (χ4n) is 5.54. The van der Waals surface area contributed by atoms with E-state index in [1.807, 2.05) is 54.6 Å². The first-order valence-corrected chi connectivity index (χ1v) is 16.2. The largest absolute Gasteiger partial charge is 0.494 e. The van der Waals surface area contributed by atoms with Gasteiger partial charge in [0, 0.05) is 49.7 Å². The van der Waals surface area contributed by atoms with Crippen LogP contribution in [0.1, 0.15) is 42.3 Å². The molecule has 2 saturated heterocycles. The first-order valence-electron chi connectivity index (χ1n) is 14.0. The molecule has 3 aromatic rings. The predicted molar refractivity (Wildman–Crippen MR) is 159 cm³/mol. The van der Waals surface area contributed by atoms with Gasteiger partial charge in [-0.05, 0) is 61.0 Å². The summed E-state index contributed by atoms with van der Waals surface area (Å²) in [6, 6.07) is 17.3. The molecule has 2 fully saturated rings. The number of likely N-dealkylation sites (tertiary alicyclic amines) is 1. The van der Waals surface area contributed by atoms with Gasteiger partial charge in [-0.1, -0.05) is 31.5 Å². The first-order chi connectivity index (χ1) is 19.8. The van der Waals surface area contributed by atoms with Crippen molar-refractivity contribution in [2.75, 3.05) is 50.8 Å². The zero-order valence-corrected chi connectivity index (χ0v) is 24.8. The van der Waals surface area contributed by atoms with E-state index >= 15 is 0 Å². The third kappa shape index (κ3) is 5.78. The van der Waals surface area contributed by atoms with Crippen molar-refractivity contribution < 1.29 is 28.0 Å². The molecule has 2 aliphatic heterocycles. The van der Waals surface area contributed by atoms with Crippen molar-refractivity contribution in [1.29, 1.82) is 0 Å². The van der Waals surface area contributed by atoms with Gasteiger partial charge in [0.25, 0.3) is 11.8 Å². The maximum absolute atomic E-state index is 14.0. The summed E-state index contributed by atoms with van der Waals surface area (Å²) in [7, 11) is -4.14. The summed E-state index contributed by atoms with van der Waals surface area (Å²) in [4.78, 5) is 30.5. The maximum atomic E-state index is 14.0. The van der Waals surface area contributed by atoms with Gasteiger partial charge in [-0.3, -0.25) is 14.8 Å². The van der Waals surface area contributed by atoms with Gasteiger partial charge in [-0.15, -0.1) is 11.3 Å². The molecule has 0 unspecified atom stereocenters. The number of sulfonamides is 1. The van der Waals surface area contributed by atoms with Crippen LogP contribution in [0, 0.1) is 0 Å². The minimum atomic E-state index is -4.14. The Kier molecular flexibility index (Phi) is 8.83. The number of nitrogens with one attached hydrogen (secondary N) is 1. The van der Waals surface area contributed by atoms with E-state index in [0.29, 0.717) is 24.6 Å². The van der Waals surface area contributed by atoms with Crippen LogP contribution in [0.25, 0.3) is 10.1 Å². The molecule has 2 amide bonds. The van der Waals surface area contributed by atoms with Crippen LogP contribution in [0.5, 0.6) is 5.75 Å². The van der Waals surface area contributed by atoms with Crippen molar-refractivity contribution in [3.63, 3.8) is 0 Å². The number of carbonyl (C=O) groups excluding carboxylic acids is 2. The molecule has 41 heavy (non-hydrogen) atoms. The molecule has 2 aromatic carbocycles. The van der Waals surface area contributed by atoms with Crippen LogP contribution in [-0.2, 0) is 14.8 Å². The number of rotatable bonds is 9. The second kappa shape index (κ2) is 12.4. The van der Waals surface area contributed by atoms with E-state index in [4.69, 9.17) is 4.74 Å². The van der Waals surface area contributed by atoms with E-state index < -0.39 is 20.7 Å². The molecular formula is C29H36N4O6S2. The van der Waals surface area contributed by atoms with Crippen molar-refractivity contribution in [3.8, 4) is 5.75 Å². The number of amides is 2. The molecular weight excluding hydrogens is 564 g/mol. The SMILES string of the molecule is CCCCOc1ccc(N2CCN(S(=O)(=O)C3(C(=O)NO)CCN(C(=O)c4cc5ccccc5s4)CC3)CC2)cc1. The highest BCUT2D eigenvalue weighted by Crippen LogP contribution is 2.36. The highest BCUT2D eigenvalue weighted by Gasteiger charge is 2.55. The van der Waals surface area contributed by atoms with Crippen molar-refractivity contribution in [3.05, 3.63) is 59.5 Å². The Hall–Kier alpha value is -3.19. The topological polar surface area (TPSA) is 119 Å². The Morgan fingerprint density at radius 1 is 1.00 bits per heavy atom. The van der Waals surface area contributed by atoms with E-state index in [1.165, 1.54) is 15.6 Å². The first kappa shape index (κ1) is 29.3. The molecule has 2 N–H and O–H groups in total. The lowest BCUT2D eigenvalue weighted by atomic mass is 9.94. The second-order valence-electron chi connectivity index (χ2n) is 10.5. The average molecular weight is 601 g/mol. The number of hydrogen-bond donors (Lipinski definition) is 2. The van der Waals surface area contributed by atoms with E-state index in [0.717, 1.165) is 34.4 Å². The Morgan fingerprint density at radius 3 is 2.32 bits per heavy atom. The van der Waals surface area contributed by atoms with E-state index in [2.05, 4.69) is 11.8 Å². The molecule has 1 aromatic heterocycles. The molecule has 2 aliphatic rings. The van der Waals surface area contributed by atoms with Crippen LogP contribution in [0.3, 0.4) is 0 Å². The molecule has 0 aliphatic carbocycles. The van der Waals surface area contributed by atoms with Gasteiger partial charge < -0.3 is 14.5 Å². The molecule has 0 spiro atoms. The number of benzene rings is 2. The van der Waals surface area contributed by atoms with Crippen LogP contribution < -0.4 is 15.1 Å². The van der Waals surface area contributed by atoms with Gasteiger partial charge in [-0.2, -0.15) is 4.31 Å². The van der Waals surface area contributed by atoms with E-state index in [9.17, 15) is 23.2 Å². The number of thiophene rings is 1. The summed E-state index contributed by atoms with van der Waals surface area (Å²) in [6.07, 6.45) is 1.86. The molecule has 5 rings (SSSR count). The lowest BCUT2D eigenvalue weighted by molar-refractivity contribution is -0.133. The standard InChI is InChI=1S/C29H36N4O6S2/c1-2-3-20-39-24-10-8-23(9-11-24)31-16-18-33(19-17-31)41(37,38)29(28(35)30-36)12-14-32(15-13-29)27(34)26-21-22-6-4-5-7-25(22)40-26/h4-11,21,36H,2-3,12-20H2,1H3,(H,30,35). The normalized spacial score (nSPS) is 17.9. The molecule has 12 heteroatoms. The number of anilines is 1. The fraction of sp³-hybridized carbons (Fsp3) is 0.448. The monoisotopic (exact) mass is 600 g/mol. The molecule has 3 heterocycles. The quantitative estimate of drug-likeness (QED) is 0.218. The number of hydrogen-bond acceptors (Lipinski definition) is 8. The van der Waals surface area contributed by atoms with Gasteiger partial charge in [0.2, 0.25) is 10.0 Å². The number of hydroxylamine groups is 1. The Labute approximate surface area is 244 Å². The summed E-state index contributed by atoms with van der Waals surface area (Å²) in [5.41, 5.74) is 2.58. The van der Waals surface area contributed by atoms with Gasteiger partial charge in [-0.25, -0.2) is 13.9 Å². The third-order valence-corrected chi connectivity index (χ3v) is 11.8. The van der Waals surface area contributed by atoms with Crippen LogP contribution in [0.2, 0.25) is 0 Å². The van der Waals surface area contributed by atoms with E-state index in [-0.39, 0.29) is 44.9 Å². The van der Waals surface area contributed by atoms with Crippen molar-refractivity contribution in [1.82, 2.24) is 14.7 Å². The molecule has 0 atom stereocenters. The predicted octanol–water partition coefficient (Wildman–Crippen LogP) is 3.71.